The van der Waals surface area contributed by atoms with Crippen LogP contribution in [0.15, 0.2) is 48.5 Å². The molecule has 2 aromatic carbocycles. The van der Waals surface area contributed by atoms with Gasteiger partial charge in [-0.1, -0.05) is 48.5 Å². The van der Waals surface area contributed by atoms with Crippen molar-refractivity contribution in [1.82, 2.24) is 0 Å². The summed E-state index contributed by atoms with van der Waals surface area (Å²) >= 11 is 0. The van der Waals surface area contributed by atoms with Crippen LogP contribution in [-0.2, 0) is 0 Å². The average Bonchev–Trinajstić information content (AvgIpc) is 2.05. The normalized spacial score (nSPS) is 9.09. The zero-order valence-corrected chi connectivity index (χ0v) is 8.53. The summed E-state index contributed by atoms with van der Waals surface area (Å²) in [5.41, 5.74) is 0. The molecule has 52 valence electrons. The Kier molecular flexibility index (Phi) is 3.38. The minimum atomic E-state index is 0. The Labute approximate surface area is 99.2 Å². The number of hydrogen-bond donors (Lipinski definition) is 0. The van der Waals surface area contributed by atoms with Crippen LogP contribution in [0.2, 0.25) is 0 Å². The molecule has 0 aliphatic rings. The molecule has 0 heterocycles. The van der Waals surface area contributed by atoms with Crippen LogP contribution in [0, 0.1) is 0 Å². The molecule has 0 aliphatic carbocycles. The largest absolute Gasteiger partial charge is 2.00 e. The molecule has 1 heteroatoms. The van der Waals surface area contributed by atoms with Gasteiger partial charge in [0.05, 0.1) is 0 Å². The Bertz CT molecular complexity index is 284. The topological polar surface area (TPSA) is 0 Å². The van der Waals surface area contributed by atoms with Crippen LogP contribution in [-0.4, -0.2) is 37.7 Å². The second kappa shape index (κ2) is 4.10. The van der Waals surface area contributed by atoms with Crippen molar-refractivity contribution in [2.24, 2.45) is 0 Å². The SMILES string of the molecule is [38Ca+2].[H-].[H-].c1ccc2ccccc2c1. The van der Waals surface area contributed by atoms with Gasteiger partial charge < -0.3 is 2.85 Å². The fraction of sp³-hybridized carbons (Fsp3) is 0. The molecule has 0 bridgehead atoms. The zero-order chi connectivity index (χ0) is 6.81. The summed E-state index contributed by atoms with van der Waals surface area (Å²) in [4.78, 5) is 0. The zero-order valence-electron chi connectivity index (χ0n) is 8.33. The van der Waals surface area contributed by atoms with E-state index in [0.717, 1.165) is 0 Å². The Morgan fingerprint density at radius 3 is 1.18 bits per heavy atom. The molecule has 2 aromatic rings. The third-order valence-corrected chi connectivity index (χ3v) is 1.66. The fourth-order valence-corrected chi connectivity index (χ4v) is 1.13. The van der Waals surface area contributed by atoms with Crippen molar-refractivity contribution in [2.75, 3.05) is 0 Å². The van der Waals surface area contributed by atoms with Gasteiger partial charge in [0.2, 0.25) is 0 Å². The van der Waals surface area contributed by atoms with E-state index in [1.165, 1.54) is 10.8 Å². The number of rotatable bonds is 0. The molecule has 2 rings (SSSR count). The third kappa shape index (κ3) is 1.96. The van der Waals surface area contributed by atoms with Crippen LogP contribution in [0.25, 0.3) is 10.8 Å². The van der Waals surface area contributed by atoms with E-state index >= 15 is 0 Å². The average molecular weight is 168 g/mol. The molecular weight excluding hydrogens is 158 g/mol. The first-order valence-electron chi connectivity index (χ1n) is 3.40. The van der Waals surface area contributed by atoms with E-state index < -0.39 is 0 Å². The molecule has 0 atom stereocenters. The van der Waals surface area contributed by atoms with Crippen molar-refractivity contribution < 1.29 is 2.85 Å². The van der Waals surface area contributed by atoms with Gasteiger partial charge in [-0.2, -0.15) is 0 Å². The summed E-state index contributed by atoms with van der Waals surface area (Å²) in [6, 6.07) is 16.7. The maximum atomic E-state index is 2.12. The van der Waals surface area contributed by atoms with Crippen LogP contribution in [0.1, 0.15) is 2.85 Å². The monoisotopic (exact) mass is 168 g/mol. The van der Waals surface area contributed by atoms with E-state index in [0.29, 0.717) is 0 Å². The first-order valence-corrected chi connectivity index (χ1v) is 3.40. The summed E-state index contributed by atoms with van der Waals surface area (Å²) in [6.45, 7) is 0. The molecule has 0 unspecified atom stereocenters. The van der Waals surface area contributed by atoms with Crippen molar-refractivity contribution in [3.8, 4) is 0 Å². The van der Waals surface area contributed by atoms with Crippen LogP contribution in [0.4, 0.5) is 0 Å². The maximum Gasteiger partial charge on any atom is 2.00 e. The molecule has 0 saturated carbocycles. The van der Waals surface area contributed by atoms with Gasteiger partial charge in [-0.15, -0.1) is 0 Å². The molecule has 0 saturated heterocycles. The van der Waals surface area contributed by atoms with Crippen molar-refractivity contribution >= 4 is 48.5 Å². The first kappa shape index (κ1) is 9.05. The van der Waals surface area contributed by atoms with Gasteiger partial charge in [0, 0.05) is 0 Å². The second-order valence-electron chi connectivity index (χ2n) is 2.35. The molecule has 11 heavy (non-hydrogen) atoms. The van der Waals surface area contributed by atoms with Gasteiger partial charge in [0.1, 0.15) is 0 Å². The summed E-state index contributed by atoms with van der Waals surface area (Å²) in [6.07, 6.45) is 0. The molecule has 0 radical (unpaired) electrons. The number of benzene rings is 2. The summed E-state index contributed by atoms with van der Waals surface area (Å²) in [5, 5.41) is 2.62. The fourth-order valence-electron chi connectivity index (χ4n) is 1.13. The molecule has 0 amide bonds. The summed E-state index contributed by atoms with van der Waals surface area (Å²) in [7, 11) is 0. The molecule has 0 aromatic heterocycles. The van der Waals surface area contributed by atoms with Gasteiger partial charge in [0.15, 0.2) is 0 Å². The van der Waals surface area contributed by atoms with Gasteiger partial charge in [-0.3, -0.25) is 0 Å². The number of fused-ring (bicyclic) bond motifs is 1. The first-order chi connectivity index (χ1) is 4.97. The van der Waals surface area contributed by atoms with E-state index in [1.54, 1.807) is 0 Å². The van der Waals surface area contributed by atoms with Crippen LogP contribution < -0.4 is 0 Å². The molecule has 0 N–H and O–H groups in total. The van der Waals surface area contributed by atoms with Crippen molar-refractivity contribution in [3.63, 3.8) is 0 Å². The predicted molar refractivity (Wildman–Crippen MR) is 51.9 cm³/mol. The van der Waals surface area contributed by atoms with E-state index in [-0.39, 0.29) is 40.6 Å². The van der Waals surface area contributed by atoms with E-state index in [2.05, 4.69) is 48.5 Å². The van der Waals surface area contributed by atoms with Crippen molar-refractivity contribution in [3.05, 3.63) is 48.5 Å². The second-order valence-corrected chi connectivity index (χ2v) is 2.35. The predicted octanol–water partition coefficient (Wildman–Crippen LogP) is 2.68. The van der Waals surface area contributed by atoms with Crippen LogP contribution in [0.3, 0.4) is 0 Å². The van der Waals surface area contributed by atoms with E-state index in [9.17, 15) is 0 Å². The van der Waals surface area contributed by atoms with Crippen LogP contribution in [0.5, 0.6) is 0 Å². The molecule has 0 nitrogen and oxygen atoms in total. The Hall–Kier alpha value is -0.0403. The maximum absolute atomic E-state index is 2.12. The van der Waals surface area contributed by atoms with Crippen molar-refractivity contribution in [2.45, 2.75) is 0 Å². The Morgan fingerprint density at radius 1 is 0.636 bits per heavy atom. The van der Waals surface area contributed by atoms with Gasteiger partial charge in [-0.25, -0.2) is 0 Å². The molecular formula is C10H10Ca. The molecule has 0 aliphatic heterocycles. The summed E-state index contributed by atoms with van der Waals surface area (Å²) < 4.78 is 0. The van der Waals surface area contributed by atoms with E-state index in [1.807, 2.05) is 0 Å². The third-order valence-electron chi connectivity index (χ3n) is 1.66. The minimum Gasteiger partial charge on any atom is -1.00 e. The molecule has 0 fully saturated rings. The minimum absolute atomic E-state index is 0. The van der Waals surface area contributed by atoms with Gasteiger partial charge in [0.25, 0.3) is 0 Å². The molecule has 0 spiro atoms. The van der Waals surface area contributed by atoms with E-state index in [4.69, 9.17) is 0 Å². The van der Waals surface area contributed by atoms with Crippen molar-refractivity contribution in [1.29, 1.82) is 0 Å². The Morgan fingerprint density at radius 2 is 0.909 bits per heavy atom. The standard InChI is InChI=1S/C10H8.Ca.2H/c1-2-6-10-8-4-3-7-9(10)5-1;;;/h1-8H;;;/q;+2;2*-1/i;1-2;;. The number of hydrogen-bond acceptors (Lipinski definition) is 0. The van der Waals surface area contributed by atoms with Gasteiger partial charge >= 0.3 is 37.7 Å². The van der Waals surface area contributed by atoms with Gasteiger partial charge in [-0.05, 0) is 10.8 Å². The summed E-state index contributed by atoms with van der Waals surface area (Å²) in [5.74, 6) is 0. The Balaban J connectivity index is 0. The van der Waals surface area contributed by atoms with Crippen LogP contribution >= 0.6 is 0 Å². The smallest absolute Gasteiger partial charge is 1.00 e. The quantitative estimate of drug-likeness (QED) is 0.530.